The highest BCUT2D eigenvalue weighted by Crippen LogP contribution is 2.41. The fourth-order valence-corrected chi connectivity index (χ4v) is 5.70. The molecule has 2 aromatic heterocycles. The molecule has 2 fully saturated rings. The zero-order chi connectivity index (χ0) is 24.2. The van der Waals surface area contributed by atoms with Crippen LogP contribution >= 0.6 is 0 Å². The molecular weight excluding hydrogens is 462 g/mol. The number of rotatable bonds is 4. The highest BCUT2D eigenvalue weighted by atomic mass is 19.4. The molecule has 184 valence electrons. The zero-order valence-corrected chi connectivity index (χ0v) is 18.9. The van der Waals surface area contributed by atoms with Gasteiger partial charge in [0.05, 0.1) is 0 Å². The number of aromatic nitrogens is 4. The van der Waals surface area contributed by atoms with Gasteiger partial charge in [0, 0.05) is 49.8 Å². The Morgan fingerprint density at radius 2 is 1.77 bits per heavy atom. The van der Waals surface area contributed by atoms with Crippen molar-refractivity contribution in [1.29, 1.82) is 0 Å². The average Bonchev–Trinajstić information content (AvgIpc) is 3.34. The molecule has 4 heterocycles. The van der Waals surface area contributed by atoms with Gasteiger partial charge in [-0.1, -0.05) is 6.07 Å². The van der Waals surface area contributed by atoms with Crippen molar-refractivity contribution >= 4 is 23.3 Å². The van der Waals surface area contributed by atoms with Crippen molar-refractivity contribution in [3.8, 4) is 0 Å². The number of aryl methyl sites for hydroxylation is 1. The van der Waals surface area contributed by atoms with Crippen LogP contribution in [0.3, 0.4) is 0 Å². The fraction of sp³-hybridized carbons (Fsp3) is 0.458. The monoisotopic (exact) mass is 487 g/mol. The molecule has 1 aromatic carbocycles. The van der Waals surface area contributed by atoms with Gasteiger partial charge in [-0.15, -0.1) is 5.10 Å². The first kappa shape index (κ1) is 22.1. The van der Waals surface area contributed by atoms with E-state index in [1.165, 1.54) is 18.3 Å². The third-order valence-corrected chi connectivity index (χ3v) is 7.29. The average molecular weight is 488 g/mol. The molecule has 1 unspecified atom stereocenters. The van der Waals surface area contributed by atoms with Crippen LogP contribution < -0.4 is 15.1 Å². The van der Waals surface area contributed by atoms with Gasteiger partial charge < -0.3 is 15.1 Å². The summed E-state index contributed by atoms with van der Waals surface area (Å²) in [6, 6.07) is 9.40. The van der Waals surface area contributed by atoms with E-state index < -0.39 is 11.9 Å². The Kier molecular flexibility index (Phi) is 5.30. The summed E-state index contributed by atoms with van der Waals surface area (Å²) >= 11 is 0. The molecule has 0 spiro atoms. The number of hydrogen-bond acceptors (Lipinski definition) is 6. The number of halogens is 4. The van der Waals surface area contributed by atoms with Crippen molar-refractivity contribution in [2.24, 2.45) is 11.8 Å². The summed E-state index contributed by atoms with van der Waals surface area (Å²) in [6.07, 6.45) is -0.353. The SMILES string of the molecule is Fc1cccc(N2CCCn3nc(NC4[C@@H]5CC[C@H]4CN(c4ccnc(C(F)(F)F)c4)C5)nc32)c1. The molecule has 1 saturated heterocycles. The minimum absolute atomic E-state index is 0.155. The first-order valence-corrected chi connectivity index (χ1v) is 11.9. The van der Waals surface area contributed by atoms with Gasteiger partial charge in [-0.2, -0.15) is 18.2 Å². The van der Waals surface area contributed by atoms with Gasteiger partial charge in [0.1, 0.15) is 11.5 Å². The number of fused-ring (bicyclic) bond motifs is 3. The molecule has 6 rings (SSSR count). The molecule has 0 amide bonds. The van der Waals surface area contributed by atoms with Gasteiger partial charge >= 0.3 is 6.18 Å². The van der Waals surface area contributed by atoms with E-state index in [0.29, 0.717) is 30.7 Å². The van der Waals surface area contributed by atoms with Crippen LogP contribution in [0.5, 0.6) is 0 Å². The van der Waals surface area contributed by atoms with Crippen molar-refractivity contribution in [3.63, 3.8) is 0 Å². The van der Waals surface area contributed by atoms with Crippen LogP contribution in [0.15, 0.2) is 42.6 Å². The number of alkyl halides is 3. The van der Waals surface area contributed by atoms with E-state index in [-0.39, 0.29) is 23.7 Å². The Morgan fingerprint density at radius 3 is 2.51 bits per heavy atom. The van der Waals surface area contributed by atoms with E-state index in [9.17, 15) is 17.6 Å². The molecule has 3 aromatic rings. The number of nitrogens with zero attached hydrogens (tertiary/aromatic N) is 6. The first-order valence-electron chi connectivity index (χ1n) is 11.9. The van der Waals surface area contributed by atoms with E-state index in [1.54, 1.807) is 12.1 Å². The molecule has 2 bridgehead atoms. The van der Waals surface area contributed by atoms with Crippen molar-refractivity contribution in [3.05, 3.63) is 54.1 Å². The summed E-state index contributed by atoms with van der Waals surface area (Å²) in [7, 11) is 0. The Labute approximate surface area is 199 Å². The van der Waals surface area contributed by atoms with E-state index >= 15 is 0 Å². The molecular formula is C24H25F4N7. The Hall–Kier alpha value is -3.37. The number of nitrogens with one attached hydrogen (secondary N) is 1. The normalized spacial score (nSPS) is 23.9. The van der Waals surface area contributed by atoms with Gasteiger partial charge in [-0.05, 0) is 61.4 Å². The molecule has 35 heavy (non-hydrogen) atoms. The minimum Gasteiger partial charge on any atom is -0.371 e. The summed E-state index contributed by atoms with van der Waals surface area (Å²) in [5.74, 6) is 1.48. The van der Waals surface area contributed by atoms with E-state index in [1.807, 2.05) is 20.5 Å². The lowest BCUT2D eigenvalue weighted by Gasteiger charge is -2.39. The van der Waals surface area contributed by atoms with Crippen LogP contribution in [0.4, 0.5) is 40.8 Å². The predicted octanol–water partition coefficient (Wildman–Crippen LogP) is 4.70. The van der Waals surface area contributed by atoms with Crippen molar-refractivity contribution in [2.45, 2.75) is 38.0 Å². The zero-order valence-electron chi connectivity index (χ0n) is 18.9. The van der Waals surface area contributed by atoms with E-state index in [2.05, 4.69) is 15.4 Å². The van der Waals surface area contributed by atoms with Crippen LogP contribution in [0.2, 0.25) is 0 Å². The molecule has 11 heteroatoms. The molecule has 3 aliphatic rings. The van der Waals surface area contributed by atoms with Crippen LogP contribution in [-0.2, 0) is 12.7 Å². The largest absolute Gasteiger partial charge is 0.433 e. The lowest BCUT2D eigenvalue weighted by atomic mass is 9.92. The van der Waals surface area contributed by atoms with Crippen LogP contribution in [0, 0.1) is 17.7 Å². The third kappa shape index (κ3) is 4.17. The third-order valence-electron chi connectivity index (χ3n) is 7.29. The summed E-state index contributed by atoms with van der Waals surface area (Å²) < 4.78 is 55.0. The van der Waals surface area contributed by atoms with Gasteiger partial charge in [-0.3, -0.25) is 4.98 Å². The topological polar surface area (TPSA) is 62.1 Å². The van der Waals surface area contributed by atoms with Gasteiger partial charge in [-0.25, -0.2) is 9.07 Å². The highest BCUT2D eigenvalue weighted by molar-refractivity contribution is 5.59. The maximum Gasteiger partial charge on any atom is 0.433 e. The molecule has 3 atom stereocenters. The predicted molar refractivity (Wildman–Crippen MR) is 123 cm³/mol. The molecule has 1 N–H and O–H groups in total. The summed E-state index contributed by atoms with van der Waals surface area (Å²) in [5, 5.41) is 8.20. The molecule has 0 radical (unpaired) electrons. The van der Waals surface area contributed by atoms with Crippen LogP contribution in [-0.4, -0.2) is 45.4 Å². The standard InChI is InChI=1S/C24H25F4N7/c25-17-3-1-4-19(11-17)34-9-2-10-35-23(34)31-22(32-35)30-21-15-5-6-16(21)14-33(13-15)18-7-8-29-20(12-18)24(26,27)28/h1,3-4,7-8,11-12,15-16,21H,2,5-6,9-10,13-14H2,(H,30,32)/t15-,16+,21?. The minimum atomic E-state index is -4.46. The molecule has 1 saturated carbocycles. The van der Waals surface area contributed by atoms with E-state index in [0.717, 1.165) is 44.1 Å². The Bertz CT molecular complexity index is 1210. The maximum atomic E-state index is 13.8. The lowest BCUT2D eigenvalue weighted by molar-refractivity contribution is -0.141. The van der Waals surface area contributed by atoms with Gasteiger partial charge in [0.2, 0.25) is 11.9 Å². The quantitative estimate of drug-likeness (QED) is 0.539. The summed E-state index contributed by atoms with van der Waals surface area (Å²) in [6.45, 7) is 2.80. The Balaban J connectivity index is 1.19. The van der Waals surface area contributed by atoms with Crippen molar-refractivity contribution in [2.75, 3.05) is 34.8 Å². The van der Waals surface area contributed by atoms with E-state index in [4.69, 9.17) is 4.98 Å². The van der Waals surface area contributed by atoms with Crippen molar-refractivity contribution in [1.82, 2.24) is 19.7 Å². The highest BCUT2D eigenvalue weighted by Gasteiger charge is 2.43. The smallest absolute Gasteiger partial charge is 0.371 e. The van der Waals surface area contributed by atoms with Crippen molar-refractivity contribution < 1.29 is 17.6 Å². The van der Waals surface area contributed by atoms with Gasteiger partial charge in [0.25, 0.3) is 0 Å². The maximum absolute atomic E-state index is 13.8. The molecule has 7 nitrogen and oxygen atoms in total. The number of benzene rings is 1. The molecule has 2 aliphatic heterocycles. The fourth-order valence-electron chi connectivity index (χ4n) is 5.70. The van der Waals surface area contributed by atoms with Crippen LogP contribution in [0.1, 0.15) is 25.0 Å². The second-order valence-electron chi connectivity index (χ2n) is 9.51. The second kappa shape index (κ2) is 8.39. The molecule has 1 aliphatic carbocycles. The number of hydrogen-bond donors (Lipinski definition) is 1. The lowest BCUT2D eigenvalue weighted by Crippen LogP contribution is -2.48. The summed E-state index contributed by atoms with van der Waals surface area (Å²) in [5.41, 5.74) is 0.441. The summed E-state index contributed by atoms with van der Waals surface area (Å²) in [4.78, 5) is 12.2. The van der Waals surface area contributed by atoms with Gasteiger partial charge in [0.15, 0.2) is 0 Å². The van der Waals surface area contributed by atoms with Crippen LogP contribution in [0.25, 0.3) is 0 Å². The second-order valence-corrected chi connectivity index (χ2v) is 9.51. The first-order chi connectivity index (χ1) is 16.8. The number of anilines is 4. The Morgan fingerprint density at radius 1 is 0.971 bits per heavy atom. The number of pyridine rings is 1. The number of piperidine rings is 1.